The van der Waals surface area contributed by atoms with Crippen molar-refractivity contribution in [1.82, 2.24) is 5.32 Å². The molecule has 1 aromatic carbocycles. The highest BCUT2D eigenvalue weighted by Crippen LogP contribution is 2.13. The van der Waals surface area contributed by atoms with Crippen molar-refractivity contribution >= 4 is 29.4 Å². The summed E-state index contributed by atoms with van der Waals surface area (Å²) in [7, 11) is 0. The molecule has 0 aliphatic carbocycles. The van der Waals surface area contributed by atoms with Gasteiger partial charge in [-0.15, -0.1) is 0 Å². The smallest absolute Gasteiger partial charge is 0.326 e. The maximum Gasteiger partial charge on any atom is 0.326 e. The van der Waals surface area contributed by atoms with Gasteiger partial charge in [-0.3, -0.25) is 9.59 Å². The average molecular weight is 328 g/mol. The quantitative estimate of drug-likeness (QED) is 0.748. The molecule has 0 radical (unpaired) electrons. The molecule has 0 aromatic heterocycles. The molecule has 7 heteroatoms. The molecule has 1 rings (SSSR count). The molecule has 0 unspecified atom stereocenters. The minimum Gasteiger partial charge on any atom is -0.480 e. The van der Waals surface area contributed by atoms with Gasteiger partial charge in [0.25, 0.3) is 5.91 Å². The molecule has 0 fully saturated rings. The van der Waals surface area contributed by atoms with Gasteiger partial charge in [0, 0.05) is 10.6 Å². The predicted molar refractivity (Wildman–Crippen MR) is 80.8 cm³/mol. The molecule has 22 heavy (non-hydrogen) atoms. The zero-order valence-corrected chi connectivity index (χ0v) is 13.1. The Kier molecular flexibility index (Phi) is 6.85. The second kappa shape index (κ2) is 8.38. The first-order valence-electron chi connectivity index (χ1n) is 6.80. The van der Waals surface area contributed by atoms with Crippen LogP contribution in [0.4, 0.5) is 0 Å². The monoisotopic (exact) mass is 327 g/mol. The lowest BCUT2D eigenvalue weighted by atomic mass is 9.98. The van der Waals surface area contributed by atoms with Gasteiger partial charge < -0.3 is 15.2 Å². The van der Waals surface area contributed by atoms with Crippen LogP contribution in [0.15, 0.2) is 24.3 Å². The molecule has 1 amide bonds. The zero-order chi connectivity index (χ0) is 16.7. The molecule has 0 aliphatic heterocycles. The minimum absolute atomic E-state index is 0.0916. The van der Waals surface area contributed by atoms with Crippen molar-refractivity contribution in [3.63, 3.8) is 0 Å². The van der Waals surface area contributed by atoms with E-state index in [9.17, 15) is 19.5 Å². The second-order valence-electron chi connectivity index (χ2n) is 4.78. The summed E-state index contributed by atoms with van der Waals surface area (Å²) in [5.74, 6) is -2.85. The van der Waals surface area contributed by atoms with E-state index in [0.717, 1.165) is 0 Å². The van der Waals surface area contributed by atoms with Crippen molar-refractivity contribution < 1.29 is 24.2 Å². The number of ether oxygens (including phenoxy) is 1. The number of aliphatic carboxylic acids is 1. The molecule has 0 heterocycles. The Hall–Kier alpha value is -2.08. The predicted octanol–water partition coefficient (Wildman–Crippen LogP) is 2.11. The second-order valence-corrected chi connectivity index (χ2v) is 5.22. The molecule has 0 aliphatic rings. The van der Waals surface area contributed by atoms with Gasteiger partial charge in [-0.05, 0) is 37.1 Å². The summed E-state index contributed by atoms with van der Waals surface area (Å²) < 4.78 is 4.79. The van der Waals surface area contributed by atoms with Crippen LogP contribution >= 0.6 is 11.6 Å². The third-order valence-electron chi connectivity index (χ3n) is 3.02. The molecule has 120 valence electrons. The van der Waals surface area contributed by atoms with Gasteiger partial charge in [0.1, 0.15) is 6.04 Å². The maximum absolute atomic E-state index is 12.1. The highest BCUT2D eigenvalue weighted by Gasteiger charge is 2.28. The number of carbonyl (C=O) groups is 3. The average Bonchev–Trinajstić information content (AvgIpc) is 2.44. The van der Waals surface area contributed by atoms with Crippen LogP contribution in [0.25, 0.3) is 0 Å². The van der Waals surface area contributed by atoms with Gasteiger partial charge in [0.05, 0.1) is 13.0 Å². The van der Waals surface area contributed by atoms with E-state index in [2.05, 4.69) is 5.32 Å². The SMILES string of the molecule is CCOC(=O)C[C@H](C)[C@@H](NC(=O)c1ccc(Cl)cc1)C(=O)O. The summed E-state index contributed by atoms with van der Waals surface area (Å²) in [5, 5.41) is 12.1. The zero-order valence-electron chi connectivity index (χ0n) is 12.3. The first kappa shape index (κ1) is 18.0. The number of esters is 1. The number of nitrogens with one attached hydrogen (secondary N) is 1. The van der Waals surface area contributed by atoms with Crippen molar-refractivity contribution in [3.8, 4) is 0 Å². The van der Waals surface area contributed by atoms with E-state index in [0.29, 0.717) is 10.6 Å². The molecule has 0 saturated carbocycles. The number of carbonyl (C=O) groups excluding carboxylic acids is 2. The van der Waals surface area contributed by atoms with E-state index in [1.54, 1.807) is 13.8 Å². The van der Waals surface area contributed by atoms with E-state index in [1.165, 1.54) is 24.3 Å². The maximum atomic E-state index is 12.1. The van der Waals surface area contributed by atoms with Crippen LogP contribution < -0.4 is 5.32 Å². The normalized spacial score (nSPS) is 13.0. The number of halogens is 1. The number of benzene rings is 1. The highest BCUT2D eigenvalue weighted by atomic mass is 35.5. The van der Waals surface area contributed by atoms with Gasteiger partial charge in [-0.25, -0.2) is 4.79 Å². The van der Waals surface area contributed by atoms with Gasteiger partial charge in [0.2, 0.25) is 0 Å². The van der Waals surface area contributed by atoms with Crippen LogP contribution in [0.1, 0.15) is 30.6 Å². The van der Waals surface area contributed by atoms with E-state index in [-0.39, 0.29) is 13.0 Å². The van der Waals surface area contributed by atoms with Crippen LogP contribution in [0.2, 0.25) is 5.02 Å². The Morgan fingerprint density at radius 1 is 1.27 bits per heavy atom. The van der Waals surface area contributed by atoms with E-state index in [1.807, 2.05) is 0 Å². The third kappa shape index (κ3) is 5.37. The Balaban J connectivity index is 2.75. The van der Waals surface area contributed by atoms with Crippen LogP contribution in [-0.2, 0) is 14.3 Å². The summed E-state index contributed by atoms with van der Waals surface area (Å²) in [6.07, 6.45) is -0.0916. The largest absolute Gasteiger partial charge is 0.480 e. The highest BCUT2D eigenvalue weighted by molar-refractivity contribution is 6.30. The molecule has 0 saturated heterocycles. The van der Waals surface area contributed by atoms with Crippen LogP contribution in [0.5, 0.6) is 0 Å². The molecule has 2 atom stereocenters. The number of hydrogen-bond acceptors (Lipinski definition) is 4. The van der Waals surface area contributed by atoms with Crippen LogP contribution in [0.3, 0.4) is 0 Å². The number of carboxylic acid groups (broad SMARTS) is 1. The van der Waals surface area contributed by atoms with Crippen LogP contribution in [-0.4, -0.2) is 35.6 Å². The molecular formula is C15H18ClNO5. The number of carboxylic acids is 1. The van der Waals surface area contributed by atoms with Crippen molar-refractivity contribution in [1.29, 1.82) is 0 Å². The van der Waals surface area contributed by atoms with E-state index >= 15 is 0 Å². The summed E-state index contributed by atoms with van der Waals surface area (Å²) in [6, 6.07) is 4.87. The summed E-state index contributed by atoms with van der Waals surface area (Å²) >= 11 is 5.73. The summed E-state index contributed by atoms with van der Waals surface area (Å²) in [4.78, 5) is 34.8. The molecule has 1 aromatic rings. The van der Waals surface area contributed by atoms with Crippen molar-refractivity contribution in [3.05, 3.63) is 34.9 Å². The lowest BCUT2D eigenvalue weighted by molar-refractivity contribution is -0.145. The van der Waals surface area contributed by atoms with Gasteiger partial charge in [-0.1, -0.05) is 18.5 Å². The fraction of sp³-hybridized carbons (Fsp3) is 0.400. The van der Waals surface area contributed by atoms with Gasteiger partial charge in [0.15, 0.2) is 0 Å². The Morgan fingerprint density at radius 2 is 1.86 bits per heavy atom. The lowest BCUT2D eigenvalue weighted by Crippen LogP contribution is -2.45. The lowest BCUT2D eigenvalue weighted by Gasteiger charge is -2.20. The molecule has 0 bridgehead atoms. The summed E-state index contributed by atoms with van der Waals surface area (Å²) in [5.41, 5.74) is 0.291. The van der Waals surface area contributed by atoms with Crippen LogP contribution in [0, 0.1) is 5.92 Å². The summed E-state index contributed by atoms with van der Waals surface area (Å²) in [6.45, 7) is 3.46. The van der Waals surface area contributed by atoms with Gasteiger partial charge in [-0.2, -0.15) is 0 Å². The van der Waals surface area contributed by atoms with E-state index < -0.39 is 29.8 Å². The van der Waals surface area contributed by atoms with E-state index in [4.69, 9.17) is 16.3 Å². The number of rotatable bonds is 7. The molecule has 0 spiro atoms. The Bertz CT molecular complexity index is 543. The number of amides is 1. The minimum atomic E-state index is -1.21. The molecule has 6 nitrogen and oxygen atoms in total. The number of hydrogen-bond donors (Lipinski definition) is 2. The fourth-order valence-electron chi connectivity index (χ4n) is 1.87. The van der Waals surface area contributed by atoms with Gasteiger partial charge >= 0.3 is 11.9 Å². The fourth-order valence-corrected chi connectivity index (χ4v) is 2.00. The van der Waals surface area contributed by atoms with Crippen molar-refractivity contribution in [2.75, 3.05) is 6.61 Å². The first-order valence-corrected chi connectivity index (χ1v) is 7.17. The molecular weight excluding hydrogens is 310 g/mol. The molecule has 2 N–H and O–H groups in total. The van der Waals surface area contributed by atoms with Crippen molar-refractivity contribution in [2.24, 2.45) is 5.92 Å². The first-order chi connectivity index (χ1) is 10.3. The van der Waals surface area contributed by atoms with Crippen molar-refractivity contribution in [2.45, 2.75) is 26.3 Å². The topological polar surface area (TPSA) is 92.7 Å². The third-order valence-corrected chi connectivity index (χ3v) is 3.27. The Morgan fingerprint density at radius 3 is 2.36 bits per heavy atom. The standard InChI is InChI=1S/C15H18ClNO5/c1-3-22-12(18)8-9(2)13(15(20)21)17-14(19)10-4-6-11(16)7-5-10/h4-7,9,13H,3,8H2,1-2H3,(H,17,19)(H,20,21)/t9-,13+/m0/s1. The Labute approximate surface area is 133 Å².